The van der Waals surface area contributed by atoms with Gasteiger partial charge in [0.2, 0.25) is 0 Å². The Kier molecular flexibility index (Phi) is 2.54. The lowest BCUT2D eigenvalue weighted by molar-refractivity contribution is 0.155. The van der Waals surface area contributed by atoms with E-state index in [2.05, 4.69) is 0 Å². The van der Waals surface area contributed by atoms with E-state index in [9.17, 15) is 4.57 Å². The maximum Gasteiger partial charge on any atom is 0.0946 e. The molecule has 0 aromatic heterocycles. The molecule has 60 valence electrons. The van der Waals surface area contributed by atoms with Crippen molar-refractivity contribution < 1.29 is 9.30 Å². The van der Waals surface area contributed by atoms with Crippen molar-refractivity contribution in [2.24, 2.45) is 0 Å². The highest BCUT2D eigenvalue weighted by molar-refractivity contribution is 7.64. The van der Waals surface area contributed by atoms with Gasteiger partial charge in [0, 0.05) is 18.0 Å². The van der Waals surface area contributed by atoms with Gasteiger partial charge in [-0.2, -0.15) is 0 Å². The van der Waals surface area contributed by atoms with E-state index < -0.39 is 7.14 Å². The number of hydrogen-bond donors (Lipinski definition) is 0. The number of rotatable bonds is 1. The molecule has 1 fully saturated rings. The molecule has 0 aliphatic carbocycles. The molecule has 0 N–H and O–H groups in total. The zero-order valence-corrected chi connectivity index (χ0v) is 7.56. The molecular formula is C7H15O2P. The van der Waals surface area contributed by atoms with Crippen molar-refractivity contribution in [2.45, 2.75) is 19.5 Å². The zero-order chi connectivity index (χ0) is 7.61. The molecule has 0 aromatic carbocycles. The quantitative estimate of drug-likeness (QED) is 0.549. The summed E-state index contributed by atoms with van der Waals surface area (Å²) in [6, 6.07) is 0. The van der Waals surface area contributed by atoms with Gasteiger partial charge in [0.05, 0.1) is 20.4 Å². The molecule has 0 saturated carbocycles. The Labute approximate surface area is 62.3 Å². The van der Waals surface area contributed by atoms with Gasteiger partial charge < -0.3 is 9.30 Å². The van der Waals surface area contributed by atoms with Gasteiger partial charge in [-0.3, -0.25) is 0 Å². The third-order valence-electron chi connectivity index (χ3n) is 2.17. The largest absolute Gasteiger partial charge is 0.380 e. The summed E-state index contributed by atoms with van der Waals surface area (Å²) < 4.78 is 17.0. The van der Waals surface area contributed by atoms with Gasteiger partial charge >= 0.3 is 0 Å². The molecule has 1 aliphatic rings. The average molecular weight is 162 g/mol. The van der Waals surface area contributed by atoms with Gasteiger partial charge in [-0.05, 0) is 0 Å². The first-order chi connectivity index (χ1) is 4.65. The van der Waals surface area contributed by atoms with Crippen LogP contribution in [0.15, 0.2) is 0 Å². The van der Waals surface area contributed by atoms with Crippen LogP contribution >= 0.6 is 7.14 Å². The predicted octanol–water partition coefficient (Wildman–Crippen LogP) is 1.79. The molecule has 3 heteroatoms. The van der Waals surface area contributed by atoms with E-state index in [1.165, 1.54) is 0 Å². The molecule has 0 atom stereocenters. The van der Waals surface area contributed by atoms with E-state index in [1.54, 1.807) is 0 Å². The van der Waals surface area contributed by atoms with E-state index in [4.69, 9.17) is 4.74 Å². The van der Waals surface area contributed by atoms with Gasteiger partial charge in [-0.15, -0.1) is 0 Å². The summed E-state index contributed by atoms with van der Waals surface area (Å²) >= 11 is 0. The molecule has 0 radical (unpaired) electrons. The van der Waals surface area contributed by atoms with Gasteiger partial charge in [0.25, 0.3) is 0 Å². The summed E-state index contributed by atoms with van der Waals surface area (Å²) in [6.07, 6.45) is 1.59. The lowest BCUT2D eigenvalue weighted by Gasteiger charge is -2.26. The van der Waals surface area contributed by atoms with Crippen LogP contribution in [0.25, 0.3) is 0 Å². The van der Waals surface area contributed by atoms with Crippen LogP contribution in [-0.2, 0) is 9.30 Å². The highest BCUT2D eigenvalue weighted by Gasteiger charge is 2.28. The van der Waals surface area contributed by atoms with Gasteiger partial charge in [-0.1, -0.05) is 13.8 Å². The summed E-state index contributed by atoms with van der Waals surface area (Å²) in [5.41, 5.74) is 0.358. The van der Waals surface area contributed by atoms with Gasteiger partial charge in [0.1, 0.15) is 0 Å². The smallest absolute Gasteiger partial charge is 0.0946 e. The first-order valence-electron chi connectivity index (χ1n) is 3.81. The molecule has 1 aliphatic heterocycles. The Balaban J connectivity index is 2.57. The molecule has 0 aromatic rings. The molecule has 1 heterocycles. The summed E-state index contributed by atoms with van der Waals surface area (Å²) in [5, 5.41) is 0. The standard InChI is InChI=1S/C7H15O2P/c1-7(2)10(8)5-3-9-4-6-10/h7H,3-6H2,1-2H3. The maximum absolute atomic E-state index is 11.9. The van der Waals surface area contributed by atoms with Crippen LogP contribution in [0, 0.1) is 0 Å². The summed E-state index contributed by atoms with van der Waals surface area (Å²) in [4.78, 5) is 0. The van der Waals surface area contributed by atoms with Crippen molar-refractivity contribution in [2.75, 3.05) is 25.5 Å². The number of ether oxygens (including phenoxy) is 1. The molecule has 0 bridgehead atoms. The lowest BCUT2D eigenvalue weighted by Crippen LogP contribution is -2.19. The highest BCUT2D eigenvalue weighted by atomic mass is 31.2. The molecule has 0 amide bonds. The second kappa shape index (κ2) is 3.06. The average Bonchev–Trinajstić information content (AvgIpc) is 1.89. The normalized spacial score (nSPS) is 25.1. The van der Waals surface area contributed by atoms with E-state index in [1.807, 2.05) is 13.8 Å². The summed E-state index contributed by atoms with van der Waals surface area (Å²) in [7, 11) is -1.81. The highest BCUT2D eigenvalue weighted by Crippen LogP contribution is 2.51. The minimum absolute atomic E-state index is 0.358. The molecule has 1 rings (SSSR count). The van der Waals surface area contributed by atoms with Crippen LogP contribution in [0.1, 0.15) is 13.8 Å². The first-order valence-corrected chi connectivity index (χ1v) is 5.95. The molecular weight excluding hydrogens is 147 g/mol. The fourth-order valence-corrected chi connectivity index (χ4v) is 3.30. The van der Waals surface area contributed by atoms with E-state index in [-0.39, 0.29) is 0 Å². The van der Waals surface area contributed by atoms with Crippen molar-refractivity contribution in [3.63, 3.8) is 0 Å². The van der Waals surface area contributed by atoms with E-state index in [0.29, 0.717) is 18.9 Å². The van der Waals surface area contributed by atoms with Crippen molar-refractivity contribution in [1.82, 2.24) is 0 Å². The molecule has 1 saturated heterocycles. The monoisotopic (exact) mass is 162 g/mol. The Morgan fingerprint density at radius 3 is 2.10 bits per heavy atom. The van der Waals surface area contributed by atoms with E-state index >= 15 is 0 Å². The van der Waals surface area contributed by atoms with Crippen molar-refractivity contribution in [3.8, 4) is 0 Å². The van der Waals surface area contributed by atoms with Crippen LogP contribution in [0.2, 0.25) is 0 Å². The van der Waals surface area contributed by atoms with Crippen LogP contribution in [-0.4, -0.2) is 31.2 Å². The lowest BCUT2D eigenvalue weighted by atomic mass is 10.6. The van der Waals surface area contributed by atoms with Crippen molar-refractivity contribution in [1.29, 1.82) is 0 Å². The van der Waals surface area contributed by atoms with Crippen LogP contribution in [0.3, 0.4) is 0 Å². The van der Waals surface area contributed by atoms with Crippen LogP contribution < -0.4 is 0 Å². The minimum atomic E-state index is -1.81. The molecule has 0 spiro atoms. The second-order valence-electron chi connectivity index (χ2n) is 3.11. The third-order valence-corrected chi connectivity index (χ3v) is 5.93. The Bertz CT molecular complexity index is 144. The fraction of sp³-hybridized carbons (Fsp3) is 1.00. The van der Waals surface area contributed by atoms with Crippen molar-refractivity contribution >= 4 is 7.14 Å². The van der Waals surface area contributed by atoms with Crippen molar-refractivity contribution in [3.05, 3.63) is 0 Å². The number of hydrogen-bond acceptors (Lipinski definition) is 2. The molecule has 0 unspecified atom stereocenters. The Hall–Kier alpha value is 0.190. The van der Waals surface area contributed by atoms with Gasteiger partial charge in [-0.25, -0.2) is 0 Å². The summed E-state index contributed by atoms with van der Waals surface area (Å²) in [5.74, 6) is 0. The second-order valence-corrected chi connectivity index (χ2v) is 6.94. The molecule has 10 heavy (non-hydrogen) atoms. The minimum Gasteiger partial charge on any atom is -0.380 e. The maximum atomic E-state index is 11.9. The SMILES string of the molecule is CC(C)P1(=O)CCOCC1. The Morgan fingerprint density at radius 1 is 1.30 bits per heavy atom. The Morgan fingerprint density at radius 2 is 1.80 bits per heavy atom. The summed E-state index contributed by atoms with van der Waals surface area (Å²) in [6.45, 7) is 5.50. The molecule has 2 nitrogen and oxygen atoms in total. The predicted molar refractivity (Wildman–Crippen MR) is 43.3 cm³/mol. The van der Waals surface area contributed by atoms with Crippen LogP contribution in [0.4, 0.5) is 0 Å². The van der Waals surface area contributed by atoms with Gasteiger partial charge in [0.15, 0.2) is 0 Å². The van der Waals surface area contributed by atoms with E-state index in [0.717, 1.165) is 12.3 Å². The zero-order valence-electron chi connectivity index (χ0n) is 6.67. The fourth-order valence-electron chi connectivity index (χ4n) is 1.17. The third kappa shape index (κ3) is 1.62. The topological polar surface area (TPSA) is 26.3 Å². The van der Waals surface area contributed by atoms with Crippen LogP contribution in [0.5, 0.6) is 0 Å². The first kappa shape index (κ1) is 8.29.